The molecule has 0 aliphatic heterocycles. The Morgan fingerprint density at radius 2 is 1.67 bits per heavy atom. The summed E-state index contributed by atoms with van der Waals surface area (Å²) < 4.78 is 33.8. The molecule has 1 N–H and O–H groups in total. The summed E-state index contributed by atoms with van der Waals surface area (Å²) in [5.74, 6) is 0.692. The van der Waals surface area contributed by atoms with E-state index in [4.69, 9.17) is 4.74 Å². The van der Waals surface area contributed by atoms with E-state index in [2.05, 4.69) is 4.72 Å². The van der Waals surface area contributed by atoms with Gasteiger partial charge in [0.05, 0.1) is 12.0 Å². The fourth-order valence-corrected chi connectivity index (χ4v) is 4.33. The molecule has 5 heteroatoms. The number of rotatable bonds is 6. The summed E-state index contributed by atoms with van der Waals surface area (Å²) in [5.41, 5.74) is 3.59. The SMILES string of the molecule is CCC(NS(=O)(=O)c1cc(C)c(OC)cc1C)c1ccc(C)cc1. The summed E-state index contributed by atoms with van der Waals surface area (Å²) in [5, 5.41) is 0. The van der Waals surface area contributed by atoms with Gasteiger partial charge in [-0.3, -0.25) is 0 Å². The van der Waals surface area contributed by atoms with Crippen LogP contribution < -0.4 is 9.46 Å². The topological polar surface area (TPSA) is 55.4 Å². The van der Waals surface area contributed by atoms with Crippen molar-refractivity contribution in [3.8, 4) is 5.75 Å². The third kappa shape index (κ3) is 3.97. The summed E-state index contributed by atoms with van der Waals surface area (Å²) in [4.78, 5) is 0.298. The van der Waals surface area contributed by atoms with Crippen molar-refractivity contribution in [3.63, 3.8) is 0 Å². The Balaban J connectivity index is 2.36. The summed E-state index contributed by atoms with van der Waals surface area (Å²) >= 11 is 0. The highest BCUT2D eigenvalue weighted by Gasteiger charge is 2.23. The lowest BCUT2D eigenvalue weighted by atomic mass is 10.0. The molecule has 0 heterocycles. The minimum Gasteiger partial charge on any atom is -0.496 e. The van der Waals surface area contributed by atoms with Gasteiger partial charge in [0.1, 0.15) is 5.75 Å². The maximum absolute atomic E-state index is 12.9. The van der Waals surface area contributed by atoms with E-state index in [1.807, 2.05) is 45.0 Å². The Hall–Kier alpha value is -1.85. The molecule has 1 unspecified atom stereocenters. The van der Waals surface area contributed by atoms with Crippen LogP contribution >= 0.6 is 0 Å². The smallest absolute Gasteiger partial charge is 0.241 e. The first kappa shape index (κ1) is 18.5. The second-order valence-corrected chi connectivity index (χ2v) is 7.76. The fraction of sp³-hybridized carbons (Fsp3) is 0.368. The average molecular weight is 347 g/mol. The van der Waals surface area contributed by atoms with Crippen molar-refractivity contribution in [3.05, 3.63) is 58.7 Å². The molecule has 0 aliphatic carbocycles. The monoisotopic (exact) mass is 347 g/mol. The van der Waals surface area contributed by atoms with Crippen LogP contribution in [0.2, 0.25) is 0 Å². The van der Waals surface area contributed by atoms with Gasteiger partial charge in [-0.1, -0.05) is 36.8 Å². The molecule has 130 valence electrons. The van der Waals surface area contributed by atoms with Gasteiger partial charge in [-0.15, -0.1) is 0 Å². The highest BCUT2D eigenvalue weighted by atomic mass is 32.2. The van der Waals surface area contributed by atoms with Gasteiger partial charge in [0.2, 0.25) is 10.0 Å². The lowest BCUT2D eigenvalue weighted by molar-refractivity contribution is 0.411. The van der Waals surface area contributed by atoms with Gasteiger partial charge >= 0.3 is 0 Å². The van der Waals surface area contributed by atoms with Crippen molar-refractivity contribution in [1.82, 2.24) is 4.72 Å². The van der Waals surface area contributed by atoms with E-state index in [1.54, 1.807) is 26.2 Å². The molecule has 2 aromatic rings. The van der Waals surface area contributed by atoms with Crippen molar-refractivity contribution >= 4 is 10.0 Å². The number of hydrogen-bond acceptors (Lipinski definition) is 3. The third-order valence-electron chi connectivity index (χ3n) is 4.17. The van der Waals surface area contributed by atoms with Crippen LogP contribution in [0.15, 0.2) is 41.3 Å². The van der Waals surface area contributed by atoms with Crippen molar-refractivity contribution < 1.29 is 13.2 Å². The standard InChI is InChI=1S/C19H25NO3S/c1-6-17(16-9-7-13(2)8-10-16)20-24(21,22)19-12-14(3)18(23-5)11-15(19)4/h7-12,17,20H,6H2,1-5H3. The van der Waals surface area contributed by atoms with Crippen LogP contribution in [0.1, 0.15) is 41.6 Å². The number of nitrogens with one attached hydrogen (secondary N) is 1. The summed E-state index contributed by atoms with van der Waals surface area (Å²) in [6.45, 7) is 7.61. The average Bonchev–Trinajstić information content (AvgIpc) is 2.55. The van der Waals surface area contributed by atoms with Crippen molar-refractivity contribution in [2.24, 2.45) is 0 Å². The predicted octanol–water partition coefficient (Wildman–Crippen LogP) is 4.05. The van der Waals surface area contributed by atoms with E-state index in [9.17, 15) is 8.42 Å². The first-order chi connectivity index (χ1) is 11.3. The minimum atomic E-state index is -3.61. The lowest BCUT2D eigenvalue weighted by Crippen LogP contribution is -2.29. The largest absolute Gasteiger partial charge is 0.496 e. The quantitative estimate of drug-likeness (QED) is 0.858. The van der Waals surface area contributed by atoms with Gasteiger partial charge in [0.25, 0.3) is 0 Å². The van der Waals surface area contributed by atoms with Crippen LogP contribution in [0, 0.1) is 20.8 Å². The number of hydrogen-bond donors (Lipinski definition) is 1. The molecule has 0 aromatic heterocycles. The van der Waals surface area contributed by atoms with E-state index < -0.39 is 10.0 Å². The zero-order chi connectivity index (χ0) is 17.9. The lowest BCUT2D eigenvalue weighted by Gasteiger charge is -2.19. The Bertz CT molecular complexity index is 811. The molecule has 0 radical (unpaired) electrons. The summed E-state index contributed by atoms with van der Waals surface area (Å²) in [7, 11) is -2.03. The zero-order valence-corrected chi connectivity index (χ0v) is 15.7. The first-order valence-corrected chi connectivity index (χ1v) is 9.51. The maximum Gasteiger partial charge on any atom is 0.241 e. The molecule has 24 heavy (non-hydrogen) atoms. The number of sulfonamides is 1. The van der Waals surface area contributed by atoms with Gasteiger partial charge in [-0.25, -0.2) is 13.1 Å². The molecule has 0 saturated carbocycles. The normalized spacial score (nSPS) is 12.9. The summed E-state index contributed by atoms with van der Waals surface area (Å²) in [6.07, 6.45) is 0.677. The molecular weight excluding hydrogens is 322 g/mol. The predicted molar refractivity (Wildman–Crippen MR) is 97.0 cm³/mol. The minimum absolute atomic E-state index is 0.252. The van der Waals surface area contributed by atoms with Crippen molar-refractivity contribution in [2.45, 2.75) is 45.1 Å². The summed E-state index contributed by atoms with van der Waals surface area (Å²) in [6, 6.07) is 11.1. The Labute approximate surface area is 144 Å². The van der Waals surface area contributed by atoms with Crippen LogP contribution in [0.4, 0.5) is 0 Å². The Kier molecular flexibility index (Phi) is 5.67. The van der Waals surface area contributed by atoms with Crippen molar-refractivity contribution in [2.75, 3.05) is 7.11 Å². The van der Waals surface area contributed by atoms with Crippen LogP contribution in [0.3, 0.4) is 0 Å². The molecule has 0 amide bonds. The molecule has 4 nitrogen and oxygen atoms in total. The maximum atomic E-state index is 12.9. The number of aryl methyl sites for hydroxylation is 3. The first-order valence-electron chi connectivity index (χ1n) is 8.02. The Morgan fingerprint density at radius 1 is 1.04 bits per heavy atom. The van der Waals surface area contributed by atoms with E-state index in [1.165, 1.54) is 0 Å². The fourth-order valence-electron chi connectivity index (χ4n) is 2.71. The van der Waals surface area contributed by atoms with E-state index in [0.717, 1.165) is 16.7 Å². The number of methoxy groups -OCH3 is 1. The molecule has 0 aliphatic rings. The van der Waals surface area contributed by atoms with Crippen LogP contribution in [0.25, 0.3) is 0 Å². The number of benzene rings is 2. The molecule has 0 bridgehead atoms. The van der Waals surface area contributed by atoms with E-state index >= 15 is 0 Å². The van der Waals surface area contributed by atoms with Gasteiger partial charge < -0.3 is 4.74 Å². The van der Waals surface area contributed by atoms with Gasteiger partial charge in [0, 0.05) is 6.04 Å². The molecule has 0 saturated heterocycles. The Morgan fingerprint density at radius 3 is 2.21 bits per heavy atom. The number of ether oxygens (including phenoxy) is 1. The van der Waals surface area contributed by atoms with E-state index in [-0.39, 0.29) is 6.04 Å². The second kappa shape index (κ2) is 7.36. The van der Waals surface area contributed by atoms with Gasteiger partial charge in [-0.2, -0.15) is 0 Å². The molecule has 0 fully saturated rings. The highest BCUT2D eigenvalue weighted by molar-refractivity contribution is 7.89. The van der Waals surface area contributed by atoms with Gasteiger partial charge in [0.15, 0.2) is 0 Å². The molecule has 0 spiro atoms. The van der Waals surface area contributed by atoms with Crippen LogP contribution in [0.5, 0.6) is 5.75 Å². The highest BCUT2D eigenvalue weighted by Crippen LogP contribution is 2.27. The molecular formula is C19H25NO3S. The zero-order valence-electron chi connectivity index (χ0n) is 14.9. The van der Waals surface area contributed by atoms with Gasteiger partial charge in [-0.05, 0) is 56.0 Å². The van der Waals surface area contributed by atoms with E-state index in [0.29, 0.717) is 22.6 Å². The molecule has 2 aromatic carbocycles. The second-order valence-electron chi connectivity index (χ2n) is 6.08. The van der Waals surface area contributed by atoms with Crippen molar-refractivity contribution in [1.29, 1.82) is 0 Å². The molecule has 2 rings (SSSR count). The van der Waals surface area contributed by atoms with Crippen LogP contribution in [-0.2, 0) is 10.0 Å². The third-order valence-corrected chi connectivity index (χ3v) is 5.78. The molecule has 1 atom stereocenters. The van der Waals surface area contributed by atoms with Crippen LogP contribution in [-0.4, -0.2) is 15.5 Å².